The highest BCUT2D eigenvalue weighted by molar-refractivity contribution is 9.25. The molecule has 2 nitrogen and oxygen atoms in total. The molecule has 1 saturated carbocycles. The van der Waals surface area contributed by atoms with Gasteiger partial charge in [-0.05, 0) is 17.8 Å². The lowest BCUT2D eigenvalue weighted by atomic mass is 10.1. The highest BCUT2D eigenvalue weighted by Gasteiger charge is 2.66. The lowest BCUT2D eigenvalue weighted by Crippen LogP contribution is -2.34. The van der Waals surface area contributed by atoms with Crippen LogP contribution in [-0.2, 0) is 4.79 Å². The number of hydrogen-bond donors (Lipinski definition) is 1. The molecule has 0 heterocycles. The molecule has 1 N–H and O–H groups in total. The third-order valence-corrected chi connectivity index (χ3v) is 4.75. The maximum Gasteiger partial charge on any atom is 0.413 e. The van der Waals surface area contributed by atoms with E-state index in [1.165, 1.54) is 0 Å². The summed E-state index contributed by atoms with van der Waals surface area (Å²) >= 11 is 5.14. The highest BCUT2D eigenvalue weighted by Crippen LogP contribution is 2.64. The molecule has 16 heavy (non-hydrogen) atoms. The van der Waals surface area contributed by atoms with E-state index in [-0.39, 0.29) is 6.42 Å². The lowest BCUT2D eigenvalue weighted by Gasteiger charge is -2.24. The maximum absolute atomic E-state index is 12.6. The monoisotopic (exact) mass is 366 g/mol. The van der Waals surface area contributed by atoms with E-state index in [1.54, 1.807) is 13.8 Å². The molecule has 0 saturated heterocycles. The molecule has 2 atom stereocenters. The van der Waals surface area contributed by atoms with E-state index in [1.807, 2.05) is 0 Å². The Bertz CT molecular complexity index is 312. The number of carboxylic acid groups (broad SMARTS) is 1. The van der Waals surface area contributed by atoms with Gasteiger partial charge in [-0.1, -0.05) is 45.7 Å². The third-order valence-electron chi connectivity index (χ3n) is 3.21. The van der Waals surface area contributed by atoms with Crippen molar-refractivity contribution < 1.29 is 23.1 Å². The van der Waals surface area contributed by atoms with Gasteiger partial charge < -0.3 is 5.11 Å². The molecule has 0 radical (unpaired) electrons. The molecular weight excluding hydrogens is 357 g/mol. The second kappa shape index (κ2) is 3.86. The molecule has 7 heteroatoms. The van der Waals surface area contributed by atoms with E-state index in [4.69, 9.17) is 5.11 Å². The smallest absolute Gasteiger partial charge is 0.413 e. The van der Waals surface area contributed by atoms with Crippen LogP contribution in [0.1, 0.15) is 20.3 Å². The second-order valence-corrected chi connectivity index (χ2v) is 8.42. The first-order valence-corrected chi connectivity index (χ1v) is 6.17. The minimum atomic E-state index is -4.45. The van der Waals surface area contributed by atoms with Crippen LogP contribution in [0.15, 0.2) is 0 Å². The van der Waals surface area contributed by atoms with Crippen LogP contribution in [0.4, 0.5) is 13.2 Å². The Labute approximate surface area is 108 Å². The largest absolute Gasteiger partial charge is 0.481 e. The van der Waals surface area contributed by atoms with Crippen LogP contribution >= 0.6 is 31.9 Å². The van der Waals surface area contributed by atoms with Crippen molar-refractivity contribution in [1.29, 1.82) is 0 Å². The summed E-state index contributed by atoms with van der Waals surface area (Å²) in [6, 6.07) is 0. The minimum Gasteiger partial charge on any atom is -0.481 e. The van der Waals surface area contributed by atoms with Crippen LogP contribution < -0.4 is 0 Å². The fraction of sp³-hybridized carbons (Fsp3) is 0.889. The Morgan fingerprint density at radius 1 is 1.38 bits per heavy atom. The van der Waals surface area contributed by atoms with Gasteiger partial charge in [-0.25, -0.2) is 0 Å². The standard InChI is InChI=1S/C9H11Br2F3O2/c1-7(2)4(5(7)6(15)16)3-8(10,11)9(12,13)14/h4-5H,3H2,1-2H3,(H,15,16). The van der Waals surface area contributed by atoms with Crippen molar-refractivity contribution in [2.45, 2.75) is 29.7 Å². The van der Waals surface area contributed by atoms with Crippen molar-refractivity contribution in [2.75, 3.05) is 0 Å². The van der Waals surface area contributed by atoms with Gasteiger partial charge in [-0.3, -0.25) is 4.79 Å². The van der Waals surface area contributed by atoms with Crippen molar-refractivity contribution >= 4 is 37.8 Å². The summed E-state index contributed by atoms with van der Waals surface area (Å²) < 4.78 is 35.5. The summed E-state index contributed by atoms with van der Waals surface area (Å²) in [6.07, 6.45) is -4.74. The first kappa shape index (κ1) is 14.3. The van der Waals surface area contributed by atoms with Crippen molar-refractivity contribution in [3.8, 4) is 0 Å². The molecule has 1 aliphatic carbocycles. The minimum absolute atomic E-state index is 0.291. The van der Waals surface area contributed by atoms with Crippen LogP contribution in [0.3, 0.4) is 0 Å². The van der Waals surface area contributed by atoms with E-state index in [9.17, 15) is 18.0 Å². The highest BCUT2D eigenvalue weighted by atomic mass is 79.9. The fourth-order valence-electron chi connectivity index (χ4n) is 2.01. The van der Waals surface area contributed by atoms with Gasteiger partial charge in [-0.2, -0.15) is 13.2 Å². The van der Waals surface area contributed by atoms with E-state index >= 15 is 0 Å². The predicted molar refractivity (Wildman–Crippen MR) is 59.7 cm³/mol. The van der Waals surface area contributed by atoms with E-state index < -0.39 is 32.6 Å². The van der Waals surface area contributed by atoms with E-state index in [2.05, 4.69) is 31.9 Å². The average Bonchev–Trinajstić information content (AvgIpc) is 2.49. The number of carboxylic acids is 1. The summed E-state index contributed by atoms with van der Waals surface area (Å²) in [7, 11) is 0. The molecule has 1 rings (SSSR count). The molecule has 0 aliphatic heterocycles. The molecule has 0 aromatic rings. The number of alkyl halides is 5. The molecule has 1 aliphatic rings. The van der Waals surface area contributed by atoms with E-state index in [0.717, 1.165) is 0 Å². The van der Waals surface area contributed by atoms with Crippen molar-refractivity contribution in [3.63, 3.8) is 0 Å². The number of aliphatic carboxylic acids is 1. The van der Waals surface area contributed by atoms with Crippen molar-refractivity contribution in [2.24, 2.45) is 17.3 Å². The van der Waals surface area contributed by atoms with Crippen LogP contribution in [-0.4, -0.2) is 20.5 Å². The zero-order chi connectivity index (χ0) is 12.9. The molecule has 0 aromatic heterocycles. The van der Waals surface area contributed by atoms with Gasteiger partial charge in [0.05, 0.1) is 5.92 Å². The Morgan fingerprint density at radius 3 is 2.06 bits per heavy atom. The molecule has 94 valence electrons. The molecule has 0 spiro atoms. The van der Waals surface area contributed by atoms with Gasteiger partial charge in [0.25, 0.3) is 0 Å². The van der Waals surface area contributed by atoms with Gasteiger partial charge in [0, 0.05) is 0 Å². The predicted octanol–water partition coefficient (Wildman–Crippen LogP) is 3.78. The summed E-state index contributed by atoms with van der Waals surface area (Å²) in [5.41, 5.74) is -0.579. The van der Waals surface area contributed by atoms with E-state index in [0.29, 0.717) is 0 Å². The first-order valence-electron chi connectivity index (χ1n) is 4.58. The van der Waals surface area contributed by atoms with Crippen molar-refractivity contribution in [3.05, 3.63) is 0 Å². The van der Waals surface area contributed by atoms with Crippen LogP contribution in [0.5, 0.6) is 0 Å². The SMILES string of the molecule is CC1(C)C(CC(Br)(Br)C(F)(F)F)C1C(=O)O. The molecular formula is C9H11Br2F3O2. The lowest BCUT2D eigenvalue weighted by molar-refractivity contribution is -0.141. The third kappa shape index (κ3) is 2.39. The topological polar surface area (TPSA) is 37.3 Å². The average molecular weight is 368 g/mol. The zero-order valence-electron chi connectivity index (χ0n) is 8.61. The Morgan fingerprint density at radius 2 is 1.81 bits per heavy atom. The normalized spacial score (nSPS) is 28.9. The molecule has 0 amide bonds. The Balaban J connectivity index is 2.75. The molecule has 0 bridgehead atoms. The van der Waals surface area contributed by atoms with Crippen molar-refractivity contribution in [1.82, 2.24) is 0 Å². The quantitative estimate of drug-likeness (QED) is 0.770. The van der Waals surface area contributed by atoms with Crippen LogP contribution in [0.2, 0.25) is 0 Å². The number of hydrogen-bond acceptors (Lipinski definition) is 1. The van der Waals surface area contributed by atoms with Crippen LogP contribution in [0, 0.1) is 17.3 Å². The summed E-state index contributed by atoms with van der Waals surface area (Å²) in [4.78, 5) is 10.8. The number of rotatable bonds is 3. The molecule has 1 fully saturated rings. The van der Waals surface area contributed by atoms with Gasteiger partial charge in [0.1, 0.15) is 0 Å². The van der Waals surface area contributed by atoms with Gasteiger partial charge in [-0.15, -0.1) is 0 Å². The van der Waals surface area contributed by atoms with Crippen LogP contribution in [0.25, 0.3) is 0 Å². The number of halogens is 5. The molecule has 2 unspecified atom stereocenters. The summed E-state index contributed by atoms with van der Waals surface area (Å²) in [5.74, 6) is -2.22. The van der Waals surface area contributed by atoms with Gasteiger partial charge in [0.2, 0.25) is 0 Å². The Hall–Kier alpha value is 0.220. The molecule has 0 aromatic carbocycles. The second-order valence-electron chi connectivity index (χ2n) is 4.65. The first-order chi connectivity index (χ1) is 6.91. The zero-order valence-corrected chi connectivity index (χ0v) is 11.8. The maximum atomic E-state index is 12.6. The summed E-state index contributed by atoms with van der Waals surface area (Å²) in [6.45, 7) is 3.34. The van der Waals surface area contributed by atoms with Gasteiger partial charge in [0.15, 0.2) is 3.23 Å². The number of carbonyl (C=O) groups is 1. The van der Waals surface area contributed by atoms with Gasteiger partial charge >= 0.3 is 12.1 Å². The Kier molecular flexibility index (Phi) is 3.45. The summed E-state index contributed by atoms with van der Waals surface area (Å²) in [5, 5.41) is 8.85. The fourth-order valence-corrected chi connectivity index (χ4v) is 2.70.